The minimum atomic E-state index is -0.739. The second kappa shape index (κ2) is 12.4. The Balaban J connectivity index is 2.31. The number of rotatable bonds is 15. The van der Waals surface area contributed by atoms with Crippen LogP contribution in [0.2, 0.25) is 0 Å². The van der Waals surface area contributed by atoms with Gasteiger partial charge in [-0.2, -0.15) is 0 Å². The molecular weight excluding hydrogens is 384 g/mol. The number of unbranched alkanes of at least 4 members (excludes halogenated alkanes) is 3. The van der Waals surface area contributed by atoms with E-state index in [0.717, 1.165) is 44.8 Å². The number of nitrogens with two attached hydrogens (primary N) is 1. The Morgan fingerprint density at radius 1 is 1.10 bits per heavy atom. The zero-order chi connectivity index (χ0) is 22.0. The van der Waals surface area contributed by atoms with Crippen LogP contribution in [-0.4, -0.2) is 55.2 Å². The van der Waals surface area contributed by atoms with Crippen LogP contribution in [0.25, 0.3) is 0 Å². The van der Waals surface area contributed by atoms with E-state index in [1.165, 1.54) is 4.68 Å². The molecule has 1 aromatic rings. The predicted molar refractivity (Wildman–Crippen MR) is 117 cm³/mol. The molecule has 0 aromatic carbocycles. The van der Waals surface area contributed by atoms with Gasteiger partial charge in [0.25, 0.3) is 0 Å². The van der Waals surface area contributed by atoms with Crippen LogP contribution < -0.4 is 5.84 Å². The van der Waals surface area contributed by atoms with Crippen molar-refractivity contribution in [2.24, 2.45) is 0 Å². The molecule has 1 unspecified atom stereocenters. The molecule has 1 aromatic heterocycles. The minimum Gasteiger partial charge on any atom is -0.379 e. The number of nitrogens with zero attached hydrogens (tertiary/aromatic N) is 1. The smallest absolute Gasteiger partial charge is 0.168 e. The summed E-state index contributed by atoms with van der Waals surface area (Å²) >= 11 is 0. The van der Waals surface area contributed by atoms with Gasteiger partial charge in [0, 0.05) is 19.8 Å². The van der Waals surface area contributed by atoms with Crippen molar-refractivity contribution < 1.29 is 23.7 Å². The molecule has 2 heterocycles. The van der Waals surface area contributed by atoms with Crippen molar-refractivity contribution in [2.75, 3.05) is 32.3 Å². The normalized spacial score (nSPS) is 26.3. The van der Waals surface area contributed by atoms with Crippen molar-refractivity contribution in [3.8, 4) is 0 Å². The van der Waals surface area contributed by atoms with Crippen LogP contribution in [-0.2, 0) is 18.9 Å². The Kier molecular flexibility index (Phi) is 10.3. The third kappa shape index (κ3) is 5.84. The molecule has 1 aliphatic heterocycles. The lowest BCUT2D eigenvalue weighted by molar-refractivity contribution is -0.138. The van der Waals surface area contributed by atoms with Crippen molar-refractivity contribution >= 4 is 6.29 Å². The quantitative estimate of drug-likeness (QED) is 0.260. The summed E-state index contributed by atoms with van der Waals surface area (Å²) in [4.78, 5) is 11.3. The molecule has 0 amide bonds. The number of hydrogen-bond acceptors (Lipinski definition) is 6. The van der Waals surface area contributed by atoms with Crippen LogP contribution in [0.1, 0.15) is 88.5 Å². The summed E-state index contributed by atoms with van der Waals surface area (Å²) in [6.45, 7) is 10.8. The lowest BCUT2D eigenvalue weighted by Gasteiger charge is -2.35. The van der Waals surface area contributed by atoms with E-state index < -0.39 is 11.7 Å². The van der Waals surface area contributed by atoms with E-state index in [-0.39, 0.29) is 12.2 Å². The minimum absolute atomic E-state index is 0.273. The highest BCUT2D eigenvalue weighted by Gasteiger charge is 2.57. The van der Waals surface area contributed by atoms with E-state index in [9.17, 15) is 4.79 Å². The lowest BCUT2D eigenvalue weighted by atomic mass is 9.90. The molecule has 2 N–H and O–H groups in total. The predicted octanol–water partition coefficient (Wildman–Crippen LogP) is 4.03. The molecule has 0 radical (unpaired) electrons. The molecule has 7 heteroatoms. The van der Waals surface area contributed by atoms with Crippen LogP contribution in [0.15, 0.2) is 12.1 Å². The number of ether oxygens (including phenoxy) is 4. The Labute approximate surface area is 181 Å². The second-order valence-electron chi connectivity index (χ2n) is 8.18. The number of carbonyl (C=O) groups is 1. The van der Waals surface area contributed by atoms with Gasteiger partial charge in [0.15, 0.2) is 6.29 Å². The number of aldehydes is 1. The topological polar surface area (TPSA) is 84.9 Å². The van der Waals surface area contributed by atoms with Gasteiger partial charge in [0.05, 0.1) is 12.3 Å². The van der Waals surface area contributed by atoms with Gasteiger partial charge < -0.3 is 24.8 Å². The summed E-state index contributed by atoms with van der Waals surface area (Å²) in [5, 5.41) is 0. The molecule has 7 nitrogen and oxygen atoms in total. The summed E-state index contributed by atoms with van der Waals surface area (Å²) in [6.07, 6.45) is 5.82. The van der Waals surface area contributed by atoms with Crippen LogP contribution >= 0.6 is 0 Å². The van der Waals surface area contributed by atoms with Gasteiger partial charge in [0.1, 0.15) is 29.6 Å². The fourth-order valence-corrected chi connectivity index (χ4v) is 3.85. The average Bonchev–Trinajstić information content (AvgIpc) is 3.23. The van der Waals surface area contributed by atoms with Gasteiger partial charge >= 0.3 is 0 Å². The number of nitrogen functional groups attached to an aromatic ring is 1. The molecule has 4 atom stereocenters. The van der Waals surface area contributed by atoms with Gasteiger partial charge in [-0.25, -0.2) is 0 Å². The van der Waals surface area contributed by atoms with Crippen LogP contribution in [0.4, 0.5) is 0 Å². The van der Waals surface area contributed by atoms with Gasteiger partial charge in [-0.3, -0.25) is 9.47 Å². The number of aromatic nitrogens is 1. The fraction of sp³-hybridized carbons (Fsp3) is 0.783. The average molecular weight is 425 g/mol. The third-order valence-electron chi connectivity index (χ3n) is 5.74. The van der Waals surface area contributed by atoms with E-state index in [0.29, 0.717) is 37.8 Å². The molecule has 0 saturated carbocycles. The van der Waals surface area contributed by atoms with Gasteiger partial charge in [-0.15, -0.1) is 0 Å². The molecule has 30 heavy (non-hydrogen) atoms. The van der Waals surface area contributed by atoms with Crippen molar-refractivity contribution in [3.05, 3.63) is 23.5 Å². The van der Waals surface area contributed by atoms with Crippen LogP contribution in [0, 0.1) is 0 Å². The molecule has 0 aliphatic carbocycles. The Morgan fingerprint density at radius 3 is 2.40 bits per heavy atom. The number of carbonyl (C=O) groups excluding carboxylic acids is 1. The third-order valence-corrected chi connectivity index (χ3v) is 5.74. The van der Waals surface area contributed by atoms with Gasteiger partial charge in [0.2, 0.25) is 0 Å². The summed E-state index contributed by atoms with van der Waals surface area (Å²) in [6, 6.07) is 3.54. The first-order valence-electron chi connectivity index (χ1n) is 11.4. The summed E-state index contributed by atoms with van der Waals surface area (Å²) in [7, 11) is 0. The Morgan fingerprint density at radius 2 is 1.77 bits per heavy atom. The maximum atomic E-state index is 11.3. The Bertz CT molecular complexity index is 635. The van der Waals surface area contributed by atoms with Crippen molar-refractivity contribution in [1.82, 2.24) is 4.68 Å². The fourth-order valence-electron chi connectivity index (χ4n) is 3.85. The van der Waals surface area contributed by atoms with Crippen LogP contribution in [0.5, 0.6) is 0 Å². The van der Waals surface area contributed by atoms with Gasteiger partial charge in [-0.1, -0.05) is 40.0 Å². The first kappa shape index (κ1) is 24.9. The first-order chi connectivity index (χ1) is 14.5. The molecule has 1 fully saturated rings. The molecule has 1 aliphatic rings. The monoisotopic (exact) mass is 424 g/mol. The summed E-state index contributed by atoms with van der Waals surface area (Å²) < 4.78 is 26.5. The van der Waals surface area contributed by atoms with E-state index in [1.54, 1.807) is 6.07 Å². The second-order valence-corrected chi connectivity index (χ2v) is 8.18. The molecular formula is C23H40N2O5. The Hall–Kier alpha value is -1.41. The van der Waals surface area contributed by atoms with Crippen molar-refractivity contribution in [3.63, 3.8) is 0 Å². The lowest BCUT2D eigenvalue weighted by Crippen LogP contribution is -2.48. The zero-order valence-electron chi connectivity index (χ0n) is 19.1. The maximum Gasteiger partial charge on any atom is 0.168 e. The highest BCUT2D eigenvalue weighted by atomic mass is 16.6. The van der Waals surface area contributed by atoms with E-state index in [4.69, 9.17) is 24.8 Å². The van der Waals surface area contributed by atoms with Crippen molar-refractivity contribution in [1.29, 1.82) is 0 Å². The molecule has 0 bridgehead atoms. The van der Waals surface area contributed by atoms with E-state index >= 15 is 0 Å². The standard InChI is InChI=1S/C23H40N2O5/c1-5-8-13-27-17-20-22(28-14-9-6-2)23(4,29-15-10-7-3)21(30-20)19-12-11-18(16-26)25(19)24/h11-12,16,20-22H,5-10,13-15,17,24H2,1-4H3/t20-,21?,22-,23+/m1/s1. The highest BCUT2D eigenvalue weighted by molar-refractivity contribution is 5.72. The van der Waals surface area contributed by atoms with E-state index in [2.05, 4.69) is 20.8 Å². The van der Waals surface area contributed by atoms with Gasteiger partial charge in [-0.05, 0) is 38.3 Å². The largest absolute Gasteiger partial charge is 0.379 e. The first-order valence-corrected chi connectivity index (χ1v) is 11.4. The molecule has 1 saturated heterocycles. The number of hydrogen-bond donors (Lipinski definition) is 1. The molecule has 172 valence electrons. The van der Waals surface area contributed by atoms with Crippen molar-refractivity contribution in [2.45, 2.75) is 90.1 Å². The summed E-state index contributed by atoms with van der Waals surface area (Å²) in [5.41, 5.74) is 0.365. The molecule has 0 spiro atoms. The zero-order valence-corrected chi connectivity index (χ0v) is 19.1. The van der Waals surface area contributed by atoms with E-state index in [1.807, 2.05) is 13.0 Å². The highest BCUT2D eigenvalue weighted by Crippen LogP contribution is 2.46. The SMILES string of the molecule is CCCCOC[C@H]1OC(c2ccc(C=O)n2N)[C@](C)(OCCCC)[C@@H]1OCCCC. The molecule has 2 rings (SSSR count). The maximum absolute atomic E-state index is 11.3. The summed E-state index contributed by atoms with van der Waals surface area (Å²) in [5.74, 6) is 6.20. The van der Waals surface area contributed by atoms with Crippen LogP contribution in [0.3, 0.4) is 0 Å².